The predicted octanol–water partition coefficient (Wildman–Crippen LogP) is 5.66. The molecule has 1 saturated carbocycles. The van der Waals surface area contributed by atoms with Crippen molar-refractivity contribution < 1.29 is 52.5 Å². The van der Waals surface area contributed by atoms with E-state index in [2.05, 4.69) is 5.32 Å². The third-order valence-corrected chi connectivity index (χ3v) is 13.2. The van der Waals surface area contributed by atoms with Crippen molar-refractivity contribution in [1.29, 1.82) is 0 Å². The molecule has 2 aliphatic rings. The number of hydrogen-bond donors (Lipinski definition) is 1. The minimum Gasteiger partial charge on any atom is -0.497 e. The summed E-state index contributed by atoms with van der Waals surface area (Å²) in [5.41, 5.74) is 2.41. The van der Waals surface area contributed by atoms with Crippen LogP contribution in [-0.2, 0) is 56.0 Å². The Kier molecular flexibility index (Phi) is 21.2. The van der Waals surface area contributed by atoms with E-state index in [4.69, 9.17) is 23.7 Å². The molecule has 6 rings (SSSR count). The standard InChI is InChI=1S/C56H72N6O11/c1-40(2)71-33-31-59-37-54(66)61(42(4)44-24-26-46(70-6)27-25-44)38-55(67)62(48-21-15-23-50(48)72-39-43-16-9-7-10-17-43)34-51(63)57-41(3)56(68)60(36-53(65)58(30-32-69-5)35-52(59)64)29-28-45-18-13-14-22-49(45)73-47-19-11-8-12-20-47/h7-14,16-20,22,24-27,40-42,48,50H,15,21,23,28-39H2,1-6H3,(H,57,63)/t41-,42+,48+,50-/m1/s1. The van der Waals surface area contributed by atoms with Gasteiger partial charge < -0.3 is 53.5 Å². The SMILES string of the molecule is COCCN1CC(=O)N(CCOC(C)C)CC(=O)N([C@@H](C)c2ccc(OC)cc2)CC(=O)N([C@H]2CCC[C@H]2OCc2ccccc2)CC(=O)N[C@H](C)C(=O)N(CCc2ccccc2Oc2ccccc2)CC1=O. The summed E-state index contributed by atoms with van der Waals surface area (Å²) in [6, 6.07) is 31.1. The van der Waals surface area contributed by atoms with Gasteiger partial charge in [0.2, 0.25) is 35.4 Å². The topological polar surface area (TPSA) is 177 Å². The molecule has 1 saturated heterocycles. The summed E-state index contributed by atoms with van der Waals surface area (Å²) in [5.74, 6) is -1.53. The van der Waals surface area contributed by atoms with E-state index in [0.717, 1.165) is 11.1 Å². The maximum atomic E-state index is 15.1. The summed E-state index contributed by atoms with van der Waals surface area (Å²) < 4.78 is 29.4. The van der Waals surface area contributed by atoms with Crippen molar-refractivity contribution in [2.75, 3.05) is 79.8 Å². The van der Waals surface area contributed by atoms with Crippen molar-refractivity contribution in [2.24, 2.45) is 0 Å². The lowest BCUT2D eigenvalue weighted by Gasteiger charge is -2.37. The van der Waals surface area contributed by atoms with Gasteiger partial charge in [-0.3, -0.25) is 28.8 Å². The fraction of sp³-hybridized carbons (Fsp3) is 0.464. The molecule has 17 nitrogen and oxygen atoms in total. The molecule has 0 aromatic heterocycles. The van der Waals surface area contributed by atoms with Crippen molar-refractivity contribution in [1.82, 2.24) is 29.8 Å². The second-order valence-electron chi connectivity index (χ2n) is 18.7. The molecular weight excluding hydrogens is 933 g/mol. The van der Waals surface area contributed by atoms with Crippen LogP contribution in [0.5, 0.6) is 17.2 Å². The highest BCUT2D eigenvalue weighted by Crippen LogP contribution is 2.30. The van der Waals surface area contributed by atoms with E-state index in [0.29, 0.717) is 42.1 Å². The van der Waals surface area contributed by atoms with Crippen LogP contribution in [0.4, 0.5) is 0 Å². The first kappa shape index (κ1) is 55.5. The molecular formula is C56H72N6O11. The maximum Gasteiger partial charge on any atom is 0.245 e. The Balaban J connectivity index is 1.37. The van der Waals surface area contributed by atoms with Gasteiger partial charge in [0.15, 0.2) is 0 Å². The second kappa shape index (κ2) is 27.9. The first-order valence-electron chi connectivity index (χ1n) is 25.2. The van der Waals surface area contributed by atoms with E-state index in [1.807, 2.05) is 98.8 Å². The van der Waals surface area contributed by atoms with Gasteiger partial charge in [0.1, 0.15) is 29.8 Å². The van der Waals surface area contributed by atoms with Crippen LogP contribution in [0.2, 0.25) is 0 Å². The zero-order chi connectivity index (χ0) is 52.3. The van der Waals surface area contributed by atoms with Crippen molar-refractivity contribution in [3.63, 3.8) is 0 Å². The molecule has 17 heteroatoms. The number of benzene rings is 4. The molecule has 1 heterocycles. The normalized spacial score (nSPS) is 19.5. The number of carbonyl (C=O) groups excluding carboxylic acids is 6. The number of hydrogen-bond acceptors (Lipinski definition) is 11. The fourth-order valence-corrected chi connectivity index (χ4v) is 9.06. The van der Waals surface area contributed by atoms with Crippen molar-refractivity contribution in [2.45, 2.75) is 90.3 Å². The number of para-hydroxylation sites is 2. The minimum absolute atomic E-state index is 0.00435. The quantitative estimate of drug-likeness (QED) is 0.123. The molecule has 1 aliphatic heterocycles. The van der Waals surface area contributed by atoms with Gasteiger partial charge in [-0.25, -0.2) is 0 Å². The molecule has 4 atom stereocenters. The number of nitrogens with one attached hydrogen (secondary N) is 1. The Labute approximate surface area is 429 Å². The molecule has 1 N–H and O–H groups in total. The van der Waals surface area contributed by atoms with Gasteiger partial charge in [-0.2, -0.15) is 0 Å². The molecule has 2 fully saturated rings. The Bertz CT molecular complexity index is 2420. The largest absolute Gasteiger partial charge is 0.497 e. The third-order valence-electron chi connectivity index (χ3n) is 13.2. The maximum absolute atomic E-state index is 15.1. The van der Waals surface area contributed by atoms with Crippen molar-refractivity contribution in [3.8, 4) is 17.2 Å². The lowest BCUT2D eigenvalue weighted by Crippen LogP contribution is -2.57. The minimum atomic E-state index is -1.15. The monoisotopic (exact) mass is 1000 g/mol. The van der Waals surface area contributed by atoms with Gasteiger partial charge in [0.25, 0.3) is 0 Å². The predicted molar refractivity (Wildman–Crippen MR) is 274 cm³/mol. The van der Waals surface area contributed by atoms with E-state index in [9.17, 15) is 24.0 Å². The lowest BCUT2D eigenvalue weighted by atomic mass is 10.1. The average Bonchev–Trinajstić information content (AvgIpc) is 3.87. The van der Waals surface area contributed by atoms with Gasteiger partial charge in [-0.05, 0) is 100 Å². The van der Waals surface area contributed by atoms with E-state index < -0.39 is 92.4 Å². The summed E-state index contributed by atoms with van der Waals surface area (Å²) >= 11 is 0. The summed E-state index contributed by atoms with van der Waals surface area (Å²) in [5, 5.41) is 2.83. The lowest BCUT2D eigenvalue weighted by molar-refractivity contribution is -0.151. The van der Waals surface area contributed by atoms with Crippen molar-refractivity contribution >= 4 is 35.4 Å². The van der Waals surface area contributed by atoms with Crippen LogP contribution in [0.25, 0.3) is 0 Å². The number of ether oxygens (including phenoxy) is 5. The molecule has 73 heavy (non-hydrogen) atoms. The molecule has 0 unspecified atom stereocenters. The van der Waals surface area contributed by atoms with Crippen molar-refractivity contribution in [3.05, 3.63) is 126 Å². The summed E-state index contributed by atoms with van der Waals surface area (Å²) in [4.78, 5) is 95.2. The zero-order valence-corrected chi connectivity index (χ0v) is 43.1. The van der Waals surface area contributed by atoms with Crippen LogP contribution in [0.3, 0.4) is 0 Å². The van der Waals surface area contributed by atoms with Gasteiger partial charge in [0.05, 0.1) is 77.4 Å². The molecule has 1 aliphatic carbocycles. The van der Waals surface area contributed by atoms with Gasteiger partial charge in [0, 0.05) is 26.7 Å². The number of amides is 6. The van der Waals surface area contributed by atoms with Crippen LogP contribution in [-0.4, -0.2) is 164 Å². The number of methoxy groups -OCH3 is 2. The molecule has 4 aromatic rings. The van der Waals surface area contributed by atoms with E-state index in [1.54, 1.807) is 38.3 Å². The highest BCUT2D eigenvalue weighted by atomic mass is 16.5. The Morgan fingerprint density at radius 3 is 1.93 bits per heavy atom. The summed E-state index contributed by atoms with van der Waals surface area (Å²) in [6.45, 7) is 5.25. The first-order chi connectivity index (χ1) is 35.2. The van der Waals surface area contributed by atoms with Gasteiger partial charge in [-0.15, -0.1) is 0 Å². The molecule has 0 spiro atoms. The molecule has 0 radical (unpaired) electrons. The molecule has 6 amide bonds. The number of carbonyl (C=O) groups is 6. The second-order valence-corrected chi connectivity index (χ2v) is 18.7. The van der Waals surface area contributed by atoms with Crippen LogP contribution in [0, 0.1) is 0 Å². The van der Waals surface area contributed by atoms with Gasteiger partial charge >= 0.3 is 0 Å². The average molecular weight is 1010 g/mol. The third kappa shape index (κ3) is 16.3. The zero-order valence-electron chi connectivity index (χ0n) is 43.1. The number of rotatable bonds is 19. The molecule has 0 bridgehead atoms. The van der Waals surface area contributed by atoms with Crippen LogP contribution >= 0.6 is 0 Å². The highest BCUT2D eigenvalue weighted by molar-refractivity contribution is 5.94. The molecule has 4 aromatic carbocycles. The van der Waals surface area contributed by atoms with Crippen LogP contribution in [0.1, 0.15) is 69.7 Å². The van der Waals surface area contributed by atoms with Gasteiger partial charge in [-0.1, -0.05) is 78.9 Å². The first-order valence-corrected chi connectivity index (χ1v) is 25.2. The van der Waals surface area contributed by atoms with E-state index in [1.165, 1.54) is 38.5 Å². The van der Waals surface area contributed by atoms with Crippen LogP contribution in [0.15, 0.2) is 109 Å². The highest BCUT2D eigenvalue weighted by Gasteiger charge is 2.39. The number of nitrogens with zero attached hydrogens (tertiary/aromatic N) is 5. The molecule has 392 valence electrons. The Morgan fingerprint density at radius 1 is 0.630 bits per heavy atom. The summed E-state index contributed by atoms with van der Waals surface area (Å²) in [6.07, 6.45) is 1.51. The van der Waals surface area contributed by atoms with E-state index >= 15 is 4.79 Å². The Hall–Kier alpha value is -6.82. The smallest absolute Gasteiger partial charge is 0.245 e. The fourth-order valence-electron chi connectivity index (χ4n) is 9.06. The Morgan fingerprint density at radius 2 is 1.26 bits per heavy atom. The van der Waals surface area contributed by atoms with E-state index in [-0.39, 0.29) is 52.0 Å². The summed E-state index contributed by atoms with van der Waals surface area (Å²) in [7, 11) is 3.03. The van der Waals surface area contributed by atoms with Crippen LogP contribution < -0.4 is 14.8 Å².